The van der Waals surface area contributed by atoms with E-state index in [2.05, 4.69) is 53.3 Å². The molecule has 0 bridgehead atoms. The van der Waals surface area contributed by atoms with Gasteiger partial charge in [0.25, 0.3) is 5.91 Å². The van der Waals surface area contributed by atoms with Crippen LogP contribution in [0.5, 0.6) is 0 Å². The van der Waals surface area contributed by atoms with Gasteiger partial charge in [-0.25, -0.2) is 0 Å². The number of ether oxygens (including phenoxy) is 1. The summed E-state index contributed by atoms with van der Waals surface area (Å²) in [5.41, 5.74) is 1.91. The van der Waals surface area contributed by atoms with Crippen LogP contribution in [0.4, 0.5) is 0 Å². The molecule has 0 saturated carbocycles. The molecule has 312 valence electrons. The largest absolute Gasteiger partial charge is 0.466 e. The third-order valence-corrected chi connectivity index (χ3v) is 11.6. The van der Waals surface area contributed by atoms with E-state index in [1.807, 2.05) is 20.2 Å². The summed E-state index contributed by atoms with van der Waals surface area (Å²) in [6.07, 6.45) is 39.2. The number of fused-ring (bicyclic) bond motifs is 1. The van der Waals surface area contributed by atoms with E-state index >= 15 is 0 Å². The molecule has 0 fully saturated rings. The van der Waals surface area contributed by atoms with E-state index in [4.69, 9.17) is 4.74 Å². The quantitative estimate of drug-likeness (QED) is 0.0325. The Labute approximate surface area is 340 Å². The van der Waals surface area contributed by atoms with Crippen molar-refractivity contribution >= 4 is 35.1 Å². The lowest BCUT2D eigenvalue weighted by Crippen LogP contribution is -2.34. The number of unbranched alkanes of at least 4 members (excludes halogenated alkanes) is 16. The van der Waals surface area contributed by atoms with E-state index in [-0.39, 0.29) is 17.7 Å². The Bertz CT molecular complexity index is 1270. The highest BCUT2D eigenvalue weighted by molar-refractivity contribution is 7.13. The third kappa shape index (κ3) is 24.0. The van der Waals surface area contributed by atoms with Crippen LogP contribution >= 0.6 is 11.3 Å². The molecule has 0 atom stereocenters. The number of nitrogens with zero attached hydrogens (tertiary/aromatic N) is 2. The molecule has 0 aromatic carbocycles. The first-order chi connectivity index (χ1) is 26.8. The van der Waals surface area contributed by atoms with Gasteiger partial charge in [-0.3, -0.25) is 19.3 Å². The summed E-state index contributed by atoms with van der Waals surface area (Å²) in [5.74, 6) is -0.177. The predicted molar refractivity (Wildman–Crippen MR) is 235 cm³/mol. The molecule has 0 saturated heterocycles. The Kier molecular flexibility index (Phi) is 28.7. The fraction of sp³-hybridized carbons (Fsp3) is 0.723. The standard InChI is InChI=1S/C47H79N3O4S/c1-5-7-9-11-13-14-15-16-17-18-19-20-21-22-24-28-36-50-37-34-42-44(40-50)55-43(46(42)47(53)48-35-38-49(3)4)33-32-41(51)30-26-27-31-45(52)54-39-29-25-23-12-10-8-6-2/h13-14,16-17,32-33H,5-12,15,18-31,34-40H2,1-4H3,(H,48,53)/b14-13-,17-16-,33-32-. The molecule has 1 amide bonds. The van der Waals surface area contributed by atoms with Crippen molar-refractivity contribution in [2.45, 2.75) is 174 Å². The SMILES string of the molecule is CCCCC/C=C\C/C=C\CCCCCCCCN1CCc2c(sc(/C=C\C(=O)CCCCC(=O)OCCCCCCCCC)c2C(=O)NCCN(C)C)C1. The van der Waals surface area contributed by atoms with Crippen LogP contribution in [0.3, 0.4) is 0 Å². The first-order valence-corrected chi connectivity index (χ1v) is 23.1. The van der Waals surface area contributed by atoms with Crippen molar-refractivity contribution in [3.8, 4) is 0 Å². The van der Waals surface area contributed by atoms with Crippen molar-refractivity contribution < 1.29 is 19.1 Å². The predicted octanol–water partition coefficient (Wildman–Crippen LogP) is 11.6. The highest BCUT2D eigenvalue weighted by Crippen LogP contribution is 2.34. The van der Waals surface area contributed by atoms with Gasteiger partial charge in [0.1, 0.15) is 0 Å². The molecule has 2 heterocycles. The highest BCUT2D eigenvalue weighted by Gasteiger charge is 2.27. The molecular formula is C47H79N3O4S. The minimum absolute atomic E-state index is 0.0285. The minimum Gasteiger partial charge on any atom is -0.466 e. The number of hydrogen-bond donors (Lipinski definition) is 1. The Morgan fingerprint density at radius 2 is 1.38 bits per heavy atom. The summed E-state index contributed by atoms with van der Waals surface area (Å²) in [6.45, 7) is 9.26. The molecule has 0 spiro atoms. The van der Waals surface area contributed by atoms with Gasteiger partial charge >= 0.3 is 5.97 Å². The van der Waals surface area contributed by atoms with Crippen LogP contribution in [-0.4, -0.2) is 74.3 Å². The van der Waals surface area contributed by atoms with Gasteiger partial charge < -0.3 is 15.0 Å². The second-order valence-electron chi connectivity index (χ2n) is 15.8. The number of carbonyl (C=O) groups is 3. The zero-order valence-electron chi connectivity index (χ0n) is 35.6. The number of rotatable bonds is 34. The number of esters is 1. The molecule has 1 aliphatic rings. The summed E-state index contributed by atoms with van der Waals surface area (Å²) in [7, 11) is 4.00. The van der Waals surface area contributed by atoms with E-state index in [1.165, 1.54) is 108 Å². The highest BCUT2D eigenvalue weighted by atomic mass is 32.1. The smallest absolute Gasteiger partial charge is 0.305 e. The van der Waals surface area contributed by atoms with Gasteiger partial charge in [-0.2, -0.15) is 0 Å². The average Bonchev–Trinajstić information content (AvgIpc) is 3.54. The van der Waals surface area contributed by atoms with E-state index < -0.39 is 0 Å². The molecule has 0 aliphatic carbocycles. The number of thiophene rings is 1. The fourth-order valence-electron chi connectivity index (χ4n) is 6.98. The molecule has 0 unspecified atom stereocenters. The number of hydrogen-bond acceptors (Lipinski definition) is 7. The van der Waals surface area contributed by atoms with Crippen molar-refractivity contribution in [1.29, 1.82) is 0 Å². The van der Waals surface area contributed by atoms with E-state index in [1.54, 1.807) is 17.4 Å². The van der Waals surface area contributed by atoms with Crippen LogP contribution in [0.2, 0.25) is 0 Å². The second-order valence-corrected chi connectivity index (χ2v) is 16.9. The summed E-state index contributed by atoms with van der Waals surface area (Å²) >= 11 is 1.67. The first-order valence-electron chi connectivity index (χ1n) is 22.3. The van der Waals surface area contributed by atoms with Gasteiger partial charge in [0.15, 0.2) is 5.78 Å². The molecule has 1 aromatic rings. The summed E-state index contributed by atoms with van der Waals surface area (Å²) in [5, 5.41) is 3.12. The number of amides is 1. The Morgan fingerprint density at radius 3 is 2.09 bits per heavy atom. The number of likely N-dealkylation sites (N-methyl/N-ethyl adjacent to an activating group) is 1. The molecular weight excluding hydrogens is 703 g/mol. The minimum atomic E-state index is -0.164. The van der Waals surface area contributed by atoms with Crippen molar-refractivity contribution in [3.05, 3.63) is 51.3 Å². The number of allylic oxidation sites excluding steroid dienone is 5. The maximum absolute atomic E-state index is 13.5. The van der Waals surface area contributed by atoms with Gasteiger partial charge in [0, 0.05) is 48.8 Å². The summed E-state index contributed by atoms with van der Waals surface area (Å²) in [6, 6.07) is 0. The van der Waals surface area contributed by atoms with Crippen molar-refractivity contribution in [3.63, 3.8) is 0 Å². The van der Waals surface area contributed by atoms with Crippen LogP contribution in [-0.2, 0) is 27.3 Å². The van der Waals surface area contributed by atoms with Gasteiger partial charge in [0.05, 0.1) is 12.2 Å². The molecule has 0 radical (unpaired) electrons. The Hall–Kier alpha value is -2.55. The van der Waals surface area contributed by atoms with Gasteiger partial charge in [-0.15, -0.1) is 11.3 Å². The maximum atomic E-state index is 13.5. The van der Waals surface area contributed by atoms with Crippen molar-refractivity contribution in [1.82, 2.24) is 15.1 Å². The topological polar surface area (TPSA) is 78.9 Å². The summed E-state index contributed by atoms with van der Waals surface area (Å²) < 4.78 is 5.39. The Morgan fingerprint density at radius 1 is 0.764 bits per heavy atom. The van der Waals surface area contributed by atoms with Gasteiger partial charge in [-0.05, 0) is 103 Å². The molecule has 1 aromatic heterocycles. The van der Waals surface area contributed by atoms with Crippen LogP contribution < -0.4 is 5.32 Å². The molecule has 1 N–H and O–H groups in total. The third-order valence-electron chi connectivity index (χ3n) is 10.4. The van der Waals surface area contributed by atoms with Crippen molar-refractivity contribution in [2.75, 3.05) is 46.9 Å². The van der Waals surface area contributed by atoms with Gasteiger partial charge in [-0.1, -0.05) is 115 Å². The van der Waals surface area contributed by atoms with E-state index in [9.17, 15) is 14.4 Å². The van der Waals surface area contributed by atoms with Crippen LogP contribution in [0.15, 0.2) is 30.4 Å². The molecule has 55 heavy (non-hydrogen) atoms. The maximum Gasteiger partial charge on any atom is 0.305 e. The number of ketones is 1. The van der Waals surface area contributed by atoms with Crippen LogP contribution in [0.25, 0.3) is 6.08 Å². The zero-order chi connectivity index (χ0) is 39.8. The van der Waals surface area contributed by atoms with Crippen LogP contribution in [0, 0.1) is 0 Å². The lowest BCUT2D eigenvalue weighted by Gasteiger charge is -2.27. The number of nitrogens with one attached hydrogen (secondary N) is 1. The Balaban J connectivity index is 1.74. The number of carbonyl (C=O) groups excluding carboxylic acids is 3. The molecule has 7 nitrogen and oxygen atoms in total. The van der Waals surface area contributed by atoms with Crippen LogP contribution in [0.1, 0.15) is 187 Å². The first kappa shape index (κ1) is 48.6. The molecule has 8 heteroatoms. The van der Waals surface area contributed by atoms with Crippen molar-refractivity contribution in [2.24, 2.45) is 0 Å². The van der Waals surface area contributed by atoms with Gasteiger partial charge in [0.2, 0.25) is 0 Å². The lowest BCUT2D eigenvalue weighted by molar-refractivity contribution is -0.144. The average molecular weight is 782 g/mol. The lowest BCUT2D eigenvalue weighted by atomic mass is 10.00. The zero-order valence-corrected chi connectivity index (χ0v) is 36.4. The molecule has 2 rings (SSSR count). The fourth-order valence-corrected chi connectivity index (χ4v) is 8.27. The monoisotopic (exact) mass is 782 g/mol. The van der Waals surface area contributed by atoms with E-state index in [0.717, 1.165) is 67.9 Å². The second kappa shape index (κ2) is 32.5. The normalized spacial score (nSPS) is 13.5. The summed E-state index contributed by atoms with van der Waals surface area (Å²) in [4.78, 5) is 45.2. The van der Waals surface area contributed by atoms with E-state index in [0.29, 0.717) is 38.8 Å². The molecule has 1 aliphatic heterocycles.